The summed E-state index contributed by atoms with van der Waals surface area (Å²) in [5, 5.41) is 11.3. The second-order valence-electron chi connectivity index (χ2n) is 10.5. The Labute approximate surface area is 192 Å². The van der Waals surface area contributed by atoms with Gasteiger partial charge < -0.3 is 14.9 Å². The molecule has 0 amide bonds. The largest absolute Gasteiger partial charge is 0.391 e. The van der Waals surface area contributed by atoms with Crippen LogP contribution in [0.1, 0.15) is 50.0 Å². The molecular weight excluding hydrogens is 401 g/mol. The van der Waals surface area contributed by atoms with E-state index < -0.39 is 0 Å². The third-order valence-electron chi connectivity index (χ3n) is 8.21. The smallest absolute Gasteiger partial charge is 0.123 e. The van der Waals surface area contributed by atoms with Gasteiger partial charge in [-0.15, -0.1) is 0 Å². The highest BCUT2D eigenvalue weighted by atomic mass is 19.1. The molecule has 174 valence electrons. The SMILES string of the molecule is CN1CCCC1C1=CN([C@@H]2C(N(C)CC3CC3)C(c3ccc(F)cc3)CC[C@H]2O)CC=C1. The van der Waals surface area contributed by atoms with Crippen molar-refractivity contribution in [2.45, 2.75) is 68.7 Å². The zero-order valence-electron chi connectivity index (χ0n) is 19.5. The zero-order chi connectivity index (χ0) is 22.2. The summed E-state index contributed by atoms with van der Waals surface area (Å²) in [5.74, 6) is 0.899. The summed E-state index contributed by atoms with van der Waals surface area (Å²) in [6, 6.07) is 7.81. The van der Waals surface area contributed by atoms with Crippen molar-refractivity contribution in [3.05, 3.63) is 59.6 Å². The number of hydrogen-bond acceptors (Lipinski definition) is 4. The second kappa shape index (κ2) is 9.28. The average molecular weight is 440 g/mol. The third kappa shape index (κ3) is 4.52. The minimum Gasteiger partial charge on any atom is -0.391 e. The first kappa shape index (κ1) is 22.1. The molecule has 5 rings (SSSR count). The van der Waals surface area contributed by atoms with Crippen molar-refractivity contribution in [2.24, 2.45) is 5.92 Å². The van der Waals surface area contributed by atoms with E-state index >= 15 is 0 Å². The number of halogens is 1. The van der Waals surface area contributed by atoms with E-state index in [9.17, 15) is 9.50 Å². The van der Waals surface area contributed by atoms with Gasteiger partial charge in [-0.2, -0.15) is 0 Å². The van der Waals surface area contributed by atoms with Crippen molar-refractivity contribution in [3.63, 3.8) is 0 Å². The lowest BCUT2D eigenvalue weighted by Gasteiger charge is -2.50. The van der Waals surface area contributed by atoms with Crippen molar-refractivity contribution in [2.75, 3.05) is 33.7 Å². The van der Waals surface area contributed by atoms with Crippen molar-refractivity contribution in [1.29, 1.82) is 0 Å². The quantitative estimate of drug-likeness (QED) is 0.726. The highest BCUT2D eigenvalue weighted by Gasteiger charge is 2.45. The van der Waals surface area contributed by atoms with Crippen LogP contribution in [0.2, 0.25) is 0 Å². The van der Waals surface area contributed by atoms with Crippen LogP contribution < -0.4 is 0 Å². The number of aliphatic hydroxyl groups is 1. The molecule has 5 heteroatoms. The predicted molar refractivity (Wildman–Crippen MR) is 127 cm³/mol. The van der Waals surface area contributed by atoms with Crippen LogP contribution in [0.5, 0.6) is 0 Å². The Balaban J connectivity index is 1.46. The van der Waals surface area contributed by atoms with Crippen LogP contribution in [0, 0.1) is 11.7 Å². The Bertz CT molecular complexity index is 849. The van der Waals surface area contributed by atoms with E-state index in [2.05, 4.69) is 47.1 Å². The van der Waals surface area contributed by atoms with Gasteiger partial charge in [0, 0.05) is 37.3 Å². The van der Waals surface area contributed by atoms with Crippen LogP contribution in [-0.2, 0) is 0 Å². The summed E-state index contributed by atoms with van der Waals surface area (Å²) in [6.45, 7) is 3.07. The Kier molecular flexibility index (Phi) is 6.42. The first-order valence-corrected chi connectivity index (χ1v) is 12.5. The summed E-state index contributed by atoms with van der Waals surface area (Å²) in [6.07, 6.45) is 13.4. The molecule has 2 saturated carbocycles. The predicted octanol–water partition coefficient (Wildman–Crippen LogP) is 3.99. The lowest BCUT2D eigenvalue weighted by molar-refractivity contribution is -0.0209. The van der Waals surface area contributed by atoms with Gasteiger partial charge in [-0.1, -0.05) is 24.3 Å². The molecule has 1 aromatic rings. The summed E-state index contributed by atoms with van der Waals surface area (Å²) >= 11 is 0. The molecule has 0 bridgehead atoms. The fourth-order valence-electron chi connectivity index (χ4n) is 6.38. The van der Waals surface area contributed by atoms with Gasteiger partial charge >= 0.3 is 0 Å². The van der Waals surface area contributed by atoms with Gasteiger partial charge in [0.05, 0.1) is 12.1 Å². The van der Waals surface area contributed by atoms with Crippen molar-refractivity contribution >= 4 is 0 Å². The van der Waals surface area contributed by atoms with Gasteiger partial charge in [-0.3, -0.25) is 4.90 Å². The highest BCUT2D eigenvalue weighted by Crippen LogP contribution is 2.41. The number of rotatable bonds is 6. The fraction of sp³-hybridized carbons (Fsp3) is 0.630. The third-order valence-corrected chi connectivity index (χ3v) is 8.21. The fourth-order valence-corrected chi connectivity index (χ4v) is 6.38. The molecule has 4 nitrogen and oxygen atoms in total. The molecule has 1 aromatic carbocycles. The van der Waals surface area contributed by atoms with Crippen LogP contribution in [0.25, 0.3) is 0 Å². The first-order valence-electron chi connectivity index (χ1n) is 12.5. The molecule has 3 fully saturated rings. The van der Waals surface area contributed by atoms with Crippen LogP contribution in [0.3, 0.4) is 0 Å². The number of benzene rings is 1. The Morgan fingerprint density at radius 2 is 1.88 bits per heavy atom. The van der Waals surface area contributed by atoms with Crippen molar-refractivity contribution in [3.8, 4) is 0 Å². The van der Waals surface area contributed by atoms with E-state index in [4.69, 9.17) is 0 Å². The summed E-state index contributed by atoms with van der Waals surface area (Å²) in [7, 11) is 4.46. The van der Waals surface area contributed by atoms with Crippen molar-refractivity contribution < 1.29 is 9.50 Å². The van der Waals surface area contributed by atoms with E-state index in [-0.39, 0.29) is 24.0 Å². The second-order valence-corrected chi connectivity index (χ2v) is 10.5. The van der Waals surface area contributed by atoms with Gasteiger partial charge in [0.1, 0.15) is 5.82 Å². The molecule has 5 atom stereocenters. The topological polar surface area (TPSA) is 30.0 Å². The molecule has 0 spiro atoms. The number of likely N-dealkylation sites (N-methyl/N-ethyl adjacent to an activating group) is 2. The van der Waals surface area contributed by atoms with E-state index in [1.165, 1.54) is 36.8 Å². The monoisotopic (exact) mass is 439 g/mol. The Hall–Kier alpha value is -1.69. The molecule has 0 radical (unpaired) electrons. The van der Waals surface area contributed by atoms with Gasteiger partial charge in [-0.05, 0) is 88.4 Å². The Morgan fingerprint density at radius 1 is 1.09 bits per heavy atom. The Morgan fingerprint density at radius 3 is 2.56 bits per heavy atom. The summed E-state index contributed by atoms with van der Waals surface area (Å²) in [5.41, 5.74) is 2.57. The summed E-state index contributed by atoms with van der Waals surface area (Å²) < 4.78 is 13.7. The number of hydrogen-bond donors (Lipinski definition) is 1. The molecule has 2 heterocycles. The number of likely N-dealkylation sites (tertiary alicyclic amines) is 1. The van der Waals surface area contributed by atoms with Crippen molar-refractivity contribution in [1.82, 2.24) is 14.7 Å². The van der Waals surface area contributed by atoms with Crippen LogP contribution in [0.4, 0.5) is 4.39 Å². The molecule has 2 aliphatic carbocycles. The van der Waals surface area contributed by atoms with Gasteiger partial charge in [0.25, 0.3) is 0 Å². The first-order chi connectivity index (χ1) is 15.5. The molecule has 3 unspecified atom stereocenters. The molecule has 2 aliphatic heterocycles. The lowest BCUT2D eigenvalue weighted by Crippen LogP contribution is -2.60. The molecule has 0 aromatic heterocycles. The number of aliphatic hydroxyl groups excluding tert-OH is 1. The van der Waals surface area contributed by atoms with Crippen LogP contribution >= 0.6 is 0 Å². The standard InChI is InChI=1S/C27H38FN3O/c1-29-15-4-6-24(29)21-5-3-16-31(18-21)27-25(32)14-13-23(20-9-11-22(28)12-10-20)26(27)30(2)17-19-7-8-19/h3,5,9-12,18-19,23-27,32H,4,6-8,13-17H2,1-2H3/t23?,24?,25-,26?,27+/m1/s1. The van der Waals surface area contributed by atoms with E-state index in [0.717, 1.165) is 38.4 Å². The maximum atomic E-state index is 13.7. The highest BCUT2D eigenvalue weighted by molar-refractivity contribution is 5.31. The minimum atomic E-state index is -0.358. The molecule has 1 saturated heterocycles. The maximum absolute atomic E-state index is 13.7. The molecule has 32 heavy (non-hydrogen) atoms. The van der Waals surface area contributed by atoms with E-state index in [1.807, 2.05) is 12.1 Å². The van der Waals surface area contributed by atoms with E-state index in [0.29, 0.717) is 12.0 Å². The van der Waals surface area contributed by atoms with Gasteiger partial charge in [0.2, 0.25) is 0 Å². The molecule has 4 aliphatic rings. The zero-order valence-corrected chi connectivity index (χ0v) is 19.5. The van der Waals surface area contributed by atoms with Crippen LogP contribution in [0.15, 0.2) is 48.2 Å². The summed E-state index contributed by atoms with van der Waals surface area (Å²) in [4.78, 5) is 7.37. The normalized spacial score (nSPS) is 33.7. The average Bonchev–Trinajstić information content (AvgIpc) is 3.50. The van der Waals surface area contributed by atoms with Crippen LogP contribution in [-0.4, -0.2) is 77.8 Å². The molecule has 1 N–H and O–H groups in total. The number of nitrogens with zero attached hydrogens (tertiary/aromatic N) is 3. The maximum Gasteiger partial charge on any atom is 0.123 e. The minimum absolute atomic E-state index is 0.0363. The molecular formula is C27H38FN3O. The van der Waals surface area contributed by atoms with Gasteiger partial charge in [0.15, 0.2) is 0 Å². The van der Waals surface area contributed by atoms with E-state index in [1.54, 1.807) is 12.1 Å². The lowest BCUT2D eigenvalue weighted by atomic mass is 9.74. The van der Waals surface area contributed by atoms with Gasteiger partial charge in [-0.25, -0.2) is 4.39 Å².